The Bertz CT molecular complexity index is 843. The number of aromatic nitrogens is 1. The fourth-order valence-electron chi connectivity index (χ4n) is 2.30. The average Bonchev–Trinajstić information content (AvgIpc) is 3.12. The number of amides is 1. The van der Waals surface area contributed by atoms with Gasteiger partial charge in [0.1, 0.15) is 11.5 Å². The van der Waals surface area contributed by atoms with Crippen molar-refractivity contribution in [1.29, 1.82) is 0 Å². The highest BCUT2D eigenvalue weighted by Gasteiger charge is 2.19. The van der Waals surface area contributed by atoms with Crippen molar-refractivity contribution in [3.05, 3.63) is 60.6 Å². The van der Waals surface area contributed by atoms with Crippen molar-refractivity contribution in [2.45, 2.75) is 0 Å². The van der Waals surface area contributed by atoms with E-state index in [0.717, 1.165) is 5.56 Å². The molecule has 0 aliphatic rings. The number of hydrogen-bond acceptors (Lipinski definition) is 5. The van der Waals surface area contributed by atoms with Crippen molar-refractivity contribution in [3.8, 4) is 22.8 Å². The number of carbonyl (C=O) groups excluding carboxylic acids is 1. The van der Waals surface area contributed by atoms with E-state index < -0.39 is 5.91 Å². The summed E-state index contributed by atoms with van der Waals surface area (Å²) in [7, 11) is 3.08. The van der Waals surface area contributed by atoms with Crippen LogP contribution in [-0.2, 0) is 0 Å². The zero-order chi connectivity index (χ0) is 16.9. The SMILES string of the molecule is COc1ccc(OC)c(NC(=O)c2ncoc2-c2ccccc2)c1. The smallest absolute Gasteiger partial charge is 0.278 e. The van der Waals surface area contributed by atoms with Crippen LogP contribution >= 0.6 is 0 Å². The van der Waals surface area contributed by atoms with E-state index in [-0.39, 0.29) is 5.69 Å². The van der Waals surface area contributed by atoms with Gasteiger partial charge in [0.05, 0.1) is 19.9 Å². The first-order chi connectivity index (χ1) is 11.7. The maximum Gasteiger partial charge on any atom is 0.278 e. The molecule has 0 atom stereocenters. The second kappa shape index (κ2) is 6.87. The van der Waals surface area contributed by atoms with Gasteiger partial charge in [-0.2, -0.15) is 0 Å². The summed E-state index contributed by atoms with van der Waals surface area (Å²) >= 11 is 0. The Hall–Kier alpha value is -3.28. The third kappa shape index (κ3) is 3.08. The van der Waals surface area contributed by atoms with Crippen LogP contribution in [0.4, 0.5) is 5.69 Å². The topological polar surface area (TPSA) is 73.6 Å². The van der Waals surface area contributed by atoms with Gasteiger partial charge in [0.15, 0.2) is 17.8 Å². The zero-order valence-corrected chi connectivity index (χ0v) is 13.3. The summed E-state index contributed by atoms with van der Waals surface area (Å²) in [5.74, 6) is 1.15. The fourth-order valence-corrected chi connectivity index (χ4v) is 2.30. The van der Waals surface area contributed by atoms with Gasteiger partial charge in [-0.15, -0.1) is 0 Å². The summed E-state index contributed by atoms with van der Waals surface area (Å²) in [5, 5.41) is 2.78. The molecule has 1 N–H and O–H groups in total. The quantitative estimate of drug-likeness (QED) is 0.776. The molecular formula is C18H16N2O4. The Morgan fingerprint density at radius 1 is 1.08 bits per heavy atom. The van der Waals surface area contributed by atoms with E-state index in [1.54, 1.807) is 25.3 Å². The first-order valence-corrected chi connectivity index (χ1v) is 7.25. The number of carbonyl (C=O) groups is 1. The Labute approximate surface area is 139 Å². The van der Waals surface area contributed by atoms with Gasteiger partial charge < -0.3 is 19.2 Å². The lowest BCUT2D eigenvalue weighted by molar-refractivity contribution is 0.102. The highest BCUT2D eigenvalue weighted by Crippen LogP contribution is 2.30. The number of ether oxygens (including phenoxy) is 2. The van der Waals surface area contributed by atoms with Crippen LogP contribution in [-0.4, -0.2) is 25.1 Å². The first kappa shape index (κ1) is 15.6. The van der Waals surface area contributed by atoms with Crippen LogP contribution in [0.3, 0.4) is 0 Å². The lowest BCUT2D eigenvalue weighted by Gasteiger charge is -2.11. The number of hydrogen-bond donors (Lipinski definition) is 1. The lowest BCUT2D eigenvalue weighted by Crippen LogP contribution is -2.14. The second-order valence-electron chi connectivity index (χ2n) is 4.92. The highest BCUT2D eigenvalue weighted by molar-refractivity contribution is 6.07. The molecule has 0 unspecified atom stereocenters. The standard InChI is InChI=1S/C18H16N2O4/c1-22-13-8-9-15(23-2)14(10-13)20-18(21)16-17(24-11-19-16)12-6-4-3-5-7-12/h3-11H,1-2H3,(H,20,21). The summed E-state index contributed by atoms with van der Waals surface area (Å²) in [5.41, 5.74) is 1.47. The molecular weight excluding hydrogens is 308 g/mol. The van der Waals surface area contributed by atoms with Crippen LogP contribution in [0.2, 0.25) is 0 Å². The largest absolute Gasteiger partial charge is 0.497 e. The van der Waals surface area contributed by atoms with Gasteiger partial charge in [-0.1, -0.05) is 30.3 Å². The number of nitrogens with one attached hydrogen (secondary N) is 1. The van der Waals surface area contributed by atoms with Gasteiger partial charge in [-0.05, 0) is 12.1 Å². The third-order valence-electron chi connectivity index (χ3n) is 3.47. The van der Waals surface area contributed by atoms with Crippen LogP contribution < -0.4 is 14.8 Å². The maximum atomic E-state index is 12.6. The van der Waals surface area contributed by atoms with Gasteiger partial charge in [0, 0.05) is 11.6 Å². The number of nitrogens with zero attached hydrogens (tertiary/aromatic N) is 1. The normalized spacial score (nSPS) is 10.2. The van der Waals surface area contributed by atoms with Crippen molar-refractivity contribution < 1.29 is 18.7 Å². The molecule has 3 aromatic rings. The van der Waals surface area contributed by atoms with Crippen LogP contribution in [0.15, 0.2) is 59.3 Å². The number of methoxy groups -OCH3 is 2. The predicted octanol–water partition coefficient (Wildman–Crippen LogP) is 3.61. The van der Waals surface area contributed by atoms with Gasteiger partial charge in [-0.25, -0.2) is 4.98 Å². The van der Waals surface area contributed by atoms with Crippen LogP contribution in [0.25, 0.3) is 11.3 Å². The molecule has 0 saturated heterocycles. The number of rotatable bonds is 5. The Morgan fingerprint density at radius 2 is 1.88 bits per heavy atom. The molecule has 0 saturated carbocycles. The Morgan fingerprint density at radius 3 is 2.58 bits per heavy atom. The molecule has 24 heavy (non-hydrogen) atoms. The molecule has 1 aromatic heterocycles. The summed E-state index contributed by atoms with van der Waals surface area (Å²) in [6.07, 6.45) is 1.25. The number of oxazole rings is 1. The summed E-state index contributed by atoms with van der Waals surface area (Å²) in [4.78, 5) is 16.6. The monoisotopic (exact) mass is 324 g/mol. The highest BCUT2D eigenvalue weighted by atomic mass is 16.5. The van der Waals surface area contributed by atoms with Gasteiger partial charge in [-0.3, -0.25) is 4.79 Å². The molecule has 0 spiro atoms. The van der Waals surface area contributed by atoms with E-state index in [2.05, 4.69) is 10.3 Å². The minimum Gasteiger partial charge on any atom is -0.497 e. The van der Waals surface area contributed by atoms with Crippen molar-refractivity contribution in [2.24, 2.45) is 0 Å². The molecule has 1 amide bonds. The molecule has 3 rings (SSSR count). The number of anilines is 1. The fraction of sp³-hybridized carbons (Fsp3) is 0.111. The van der Waals surface area contributed by atoms with E-state index in [9.17, 15) is 4.79 Å². The molecule has 6 nitrogen and oxygen atoms in total. The van der Waals surface area contributed by atoms with Gasteiger partial charge in [0.2, 0.25) is 0 Å². The van der Waals surface area contributed by atoms with Crippen molar-refractivity contribution >= 4 is 11.6 Å². The van der Waals surface area contributed by atoms with Crippen LogP contribution in [0.1, 0.15) is 10.5 Å². The first-order valence-electron chi connectivity index (χ1n) is 7.25. The Kier molecular flexibility index (Phi) is 4.47. The second-order valence-corrected chi connectivity index (χ2v) is 4.92. The predicted molar refractivity (Wildman–Crippen MR) is 89.4 cm³/mol. The van der Waals surface area contributed by atoms with E-state index in [4.69, 9.17) is 13.9 Å². The molecule has 0 fully saturated rings. The van der Waals surface area contributed by atoms with Crippen LogP contribution in [0, 0.1) is 0 Å². The molecule has 0 bridgehead atoms. The molecule has 122 valence electrons. The van der Waals surface area contributed by atoms with E-state index in [0.29, 0.717) is 22.9 Å². The minimum absolute atomic E-state index is 0.200. The van der Waals surface area contributed by atoms with Crippen molar-refractivity contribution in [1.82, 2.24) is 4.98 Å². The van der Waals surface area contributed by atoms with E-state index in [1.165, 1.54) is 13.5 Å². The molecule has 2 aromatic carbocycles. The minimum atomic E-state index is -0.394. The van der Waals surface area contributed by atoms with E-state index >= 15 is 0 Å². The van der Waals surface area contributed by atoms with Crippen LogP contribution in [0.5, 0.6) is 11.5 Å². The van der Waals surface area contributed by atoms with E-state index in [1.807, 2.05) is 30.3 Å². The molecule has 0 aliphatic carbocycles. The van der Waals surface area contributed by atoms with Crippen molar-refractivity contribution in [3.63, 3.8) is 0 Å². The molecule has 6 heteroatoms. The van der Waals surface area contributed by atoms with Gasteiger partial charge >= 0.3 is 0 Å². The maximum absolute atomic E-state index is 12.6. The van der Waals surface area contributed by atoms with Gasteiger partial charge in [0.25, 0.3) is 5.91 Å². The third-order valence-corrected chi connectivity index (χ3v) is 3.47. The summed E-state index contributed by atoms with van der Waals surface area (Å²) in [6, 6.07) is 14.5. The Balaban J connectivity index is 1.91. The molecule has 0 aliphatic heterocycles. The number of benzene rings is 2. The lowest BCUT2D eigenvalue weighted by atomic mass is 10.1. The average molecular weight is 324 g/mol. The van der Waals surface area contributed by atoms with Crippen molar-refractivity contribution in [2.75, 3.05) is 19.5 Å². The summed E-state index contributed by atoms with van der Waals surface area (Å²) < 4.78 is 15.8. The molecule has 0 radical (unpaired) electrons. The zero-order valence-electron chi connectivity index (χ0n) is 13.3. The summed E-state index contributed by atoms with van der Waals surface area (Å²) in [6.45, 7) is 0. The molecule has 1 heterocycles.